The van der Waals surface area contributed by atoms with Crippen LogP contribution in [0.25, 0.3) is 0 Å². The van der Waals surface area contributed by atoms with E-state index in [1.54, 1.807) is 0 Å². The smallest absolute Gasteiger partial charge is 0.275 e. The highest BCUT2D eigenvalue weighted by Gasteiger charge is 2.42. The van der Waals surface area contributed by atoms with Crippen molar-refractivity contribution >= 4 is 11.4 Å². The number of fused-ring (bicyclic) bond motifs is 3. The van der Waals surface area contributed by atoms with Gasteiger partial charge < -0.3 is 15.2 Å². The Bertz CT molecular complexity index is 1140. The monoisotopic (exact) mass is 414 g/mol. The van der Waals surface area contributed by atoms with Crippen LogP contribution in [0.3, 0.4) is 0 Å². The molecule has 6 heteroatoms. The van der Waals surface area contributed by atoms with Crippen molar-refractivity contribution in [1.82, 2.24) is 0 Å². The predicted octanol–water partition coefficient (Wildman–Crippen LogP) is 5.71. The molecule has 3 aromatic rings. The molecule has 1 heterocycles. The minimum atomic E-state index is -0.373. The van der Waals surface area contributed by atoms with Gasteiger partial charge in [0.15, 0.2) is 0 Å². The largest absolute Gasteiger partial charge is 0.506 e. The van der Waals surface area contributed by atoms with Gasteiger partial charge in [0, 0.05) is 12.0 Å². The van der Waals surface area contributed by atoms with Crippen LogP contribution in [0, 0.1) is 16.0 Å². The van der Waals surface area contributed by atoms with E-state index in [4.69, 9.17) is 4.74 Å². The van der Waals surface area contributed by atoms with Gasteiger partial charge in [-0.2, -0.15) is 0 Å². The van der Waals surface area contributed by atoms with Crippen molar-refractivity contribution in [2.75, 3.05) is 5.32 Å². The zero-order valence-electron chi connectivity index (χ0n) is 16.8. The third kappa shape index (κ3) is 3.50. The van der Waals surface area contributed by atoms with E-state index in [-0.39, 0.29) is 34.2 Å². The molecule has 2 aliphatic rings. The minimum absolute atomic E-state index is 0.0344. The maximum Gasteiger partial charge on any atom is 0.275 e. The molecule has 31 heavy (non-hydrogen) atoms. The summed E-state index contributed by atoms with van der Waals surface area (Å²) in [5, 5.41) is 25.4. The summed E-state index contributed by atoms with van der Waals surface area (Å²) in [5.41, 5.74) is 3.24. The second-order valence-corrected chi connectivity index (χ2v) is 7.97. The molecule has 1 aliphatic carbocycles. The van der Waals surface area contributed by atoms with Gasteiger partial charge in [0.2, 0.25) is 0 Å². The van der Waals surface area contributed by atoms with Gasteiger partial charge in [-0.05, 0) is 41.7 Å². The lowest BCUT2D eigenvalue weighted by Gasteiger charge is -2.37. The Balaban J connectivity index is 1.41. The molecule has 0 fully saturated rings. The van der Waals surface area contributed by atoms with Crippen LogP contribution >= 0.6 is 0 Å². The summed E-state index contributed by atoms with van der Waals surface area (Å²) in [7, 11) is 0. The second kappa shape index (κ2) is 7.80. The van der Waals surface area contributed by atoms with E-state index in [1.807, 2.05) is 60.7 Å². The zero-order valence-corrected chi connectivity index (χ0v) is 16.8. The number of nitrogens with zero attached hydrogens (tertiary/aromatic N) is 1. The molecule has 0 bridgehead atoms. The summed E-state index contributed by atoms with van der Waals surface area (Å²) in [4.78, 5) is 11.2. The molecule has 1 aliphatic heterocycles. The maximum atomic E-state index is 11.6. The minimum Gasteiger partial charge on any atom is -0.506 e. The van der Waals surface area contributed by atoms with Gasteiger partial charge in [-0.15, -0.1) is 0 Å². The second-order valence-electron chi connectivity index (χ2n) is 7.97. The Kier molecular flexibility index (Phi) is 4.82. The first-order chi connectivity index (χ1) is 15.1. The van der Waals surface area contributed by atoms with E-state index >= 15 is 0 Å². The Hall–Kier alpha value is -3.80. The van der Waals surface area contributed by atoms with Gasteiger partial charge in [-0.3, -0.25) is 10.1 Å². The average molecular weight is 414 g/mol. The van der Waals surface area contributed by atoms with E-state index in [0.29, 0.717) is 17.9 Å². The van der Waals surface area contributed by atoms with Gasteiger partial charge in [0.05, 0.1) is 22.2 Å². The fraction of sp³-hybridized carbons (Fsp3) is 0.200. The van der Waals surface area contributed by atoms with Crippen molar-refractivity contribution in [2.45, 2.75) is 25.0 Å². The number of aromatic hydroxyl groups is 1. The zero-order chi connectivity index (χ0) is 21.4. The molecule has 0 amide bonds. The van der Waals surface area contributed by atoms with Crippen molar-refractivity contribution in [1.29, 1.82) is 0 Å². The molecule has 0 spiro atoms. The average Bonchev–Trinajstić information content (AvgIpc) is 3.29. The molecule has 3 atom stereocenters. The van der Waals surface area contributed by atoms with Gasteiger partial charge >= 0.3 is 0 Å². The van der Waals surface area contributed by atoms with Crippen LogP contribution < -0.4 is 10.1 Å². The van der Waals surface area contributed by atoms with E-state index < -0.39 is 0 Å². The number of nitro groups is 1. The number of nitrogens with one attached hydrogen (secondary N) is 1. The van der Waals surface area contributed by atoms with E-state index in [1.165, 1.54) is 12.1 Å². The molecule has 0 saturated carbocycles. The molecular weight excluding hydrogens is 392 g/mol. The highest BCUT2D eigenvalue weighted by Crippen LogP contribution is 2.54. The number of allylic oxidation sites excluding steroid dienone is 2. The Morgan fingerprint density at radius 1 is 1.06 bits per heavy atom. The number of anilines is 1. The topological polar surface area (TPSA) is 84.6 Å². The normalized spacial score (nSPS) is 21.1. The molecule has 0 saturated heterocycles. The highest BCUT2D eigenvalue weighted by molar-refractivity contribution is 5.73. The molecule has 3 aromatic carbocycles. The third-order valence-corrected chi connectivity index (χ3v) is 6.16. The van der Waals surface area contributed by atoms with Crippen molar-refractivity contribution in [3.8, 4) is 11.5 Å². The predicted molar refractivity (Wildman–Crippen MR) is 118 cm³/mol. The summed E-state index contributed by atoms with van der Waals surface area (Å²) in [6.07, 6.45) is 4.92. The van der Waals surface area contributed by atoms with Gasteiger partial charge in [0.25, 0.3) is 5.69 Å². The van der Waals surface area contributed by atoms with Crippen LogP contribution in [0.4, 0.5) is 11.4 Å². The van der Waals surface area contributed by atoms with Crippen LogP contribution in [-0.2, 0) is 6.61 Å². The molecule has 5 rings (SSSR count). The highest BCUT2D eigenvalue weighted by atomic mass is 16.6. The standard InChI is InChI=1S/C25H22N2O4/c28-22-14-13-21(27(29)30)23-19-7-4-8-20(19)24(26-25(22)23)17-9-11-18(12-10-17)31-15-16-5-2-1-3-6-16/h1-7,9-14,19-20,24,26,28H,8,15H2. The van der Waals surface area contributed by atoms with Crippen LogP contribution in [0.15, 0.2) is 78.9 Å². The number of hydrogen-bond donors (Lipinski definition) is 2. The molecule has 0 aromatic heterocycles. The maximum absolute atomic E-state index is 11.6. The quantitative estimate of drug-likeness (QED) is 0.242. The Morgan fingerprint density at radius 2 is 1.84 bits per heavy atom. The number of rotatable bonds is 5. The fourth-order valence-electron chi connectivity index (χ4n) is 4.68. The first-order valence-electron chi connectivity index (χ1n) is 10.3. The number of phenols is 1. The van der Waals surface area contributed by atoms with E-state index in [2.05, 4.69) is 11.4 Å². The molecule has 0 radical (unpaired) electrons. The lowest BCUT2D eigenvalue weighted by molar-refractivity contribution is -0.385. The Labute approximate surface area is 180 Å². The lowest BCUT2D eigenvalue weighted by atomic mass is 9.76. The summed E-state index contributed by atoms with van der Waals surface area (Å²) in [6, 6.07) is 20.6. The van der Waals surface area contributed by atoms with Crippen molar-refractivity contribution < 1.29 is 14.8 Å². The summed E-state index contributed by atoms with van der Waals surface area (Å²) < 4.78 is 5.89. The van der Waals surface area contributed by atoms with Gasteiger partial charge in [-0.1, -0.05) is 54.6 Å². The van der Waals surface area contributed by atoms with Crippen LogP contribution in [0.2, 0.25) is 0 Å². The van der Waals surface area contributed by atoms with E-state index in [0.717, 1.165) is 23.3 Å². The molecule has 2 N–H and O–H groups in total. The third-order valence-electron chi connectivity index (χ3n) is 6.16. The molecule has 156 valence electrons. The first kappa shape index (κ1) is 19.2. The number of hydrogen-bond acceptors (Lipinski definition) is 5. The molecule has 6 nitrogen and oxygen atoms in total. The number of benzene rings is 3. The van der Waals surface area contributed by atoms with Gasteiger partial charge in [0.1, 0.15) is 18.1 Å². The number of phenolic OH excluding ortho intramolecular Hbond substituents is 1. The van der Waals surface area contributed by atoms with Gasteiger partial charge in [-0.25, -0.2) is 0 Å². The van der Waals surface area contributed by atoms with Crippen LogP contribution in [0.5, 0.6) is 11.5 Å². The summed E-state index contributed by atoms with van der Waals surface area (Å²) >= 11 is 0. The molecule has 3 unspecified atom stereocenters. The summed E-state index contributed by atoms with van der Waals surface area (Å²) in [6.45, 7) is 0.501. The fourth-order valence-corrected chi connectivity index (χ4v) is 4.68. The van der Waals surface area contributed by atoms with Crippen LogP contribution in [-0.4, -0.2) is 10.0 Å². The van der Waals surface area contributed by atoms with Crippen LogP contribution in [0.1, 0.15) is 35.1 Å². The van der Waals surface area contributed by atoms with Crippen molar-refractivity contribution in [3.05, 3.63) is 106 Å². The molecular formula is C25H22N2O4. The van der Waals surface area contributed by atoms with E-state index in [9.17, 15) is 15.2 Å². The Morgan fingerprint density at radius 3 is 2.58 bits per heavy atom. The lowest BCUT2D eigenvalue weighted by Crippen LogP contribution is -2.29. The number of ether oxygens (including phenoxy) is 1. The SMILES string of the molecule is O=[N+]([O-])c1ccc(O)c2c1C1C=CCC1C(c1ccc(OCc3ccccc3)cc1)N2. The van der Waals surface area contributed by atoms with Crippen molar-refractivity contribution in [2.24, 2.45) is 5.92 Å². The summed E-state index contributed by atoms with van der Waals surface area (Å²) in [5.74, 6) is 0.849. The number of nitro benzene ring substituents is 1. The first-order valence-corrected chi connectivity index (χ1v) is 10.3. The van der Waals surface area contributed by atoms with Crippen molar-refractivity contribution in [3.63, 3.8) is 0 Å².